The van der Waals surface area contributed by atoms with Gasteiger partial charge in [-0.1, -0.05) is 18.6 Å². The average molecular weight is 438 g/mol. The monoisotopic (exact) mass is 437 g/mol. The number of rotatable bonds is 5. The Morgan fingerprint density at radius 1 is 1.12 bits per heavy atom. The van der Waals surface area contributed by atoms with Gasteiger partial charge in [-0.05, 0) is 52.5 Å². The van der Waals surface area contributed by atoms with Crippen LogP contribution in [0.2, 0.25) is 0 Å². The van der Waals surface area contributed by atoms with Gasteiger partial charge in [0.05, 0.1) is 10.5 Å². The number of hydrogen-bond donors (Lipinski definition) is 1. The highest BCUT2D eigenvalue weighted by atomic mass is 79.9. The first-order chi connectivity index (χ1) is 12.5. The highest BCUT2D eigenvalue weighted by Gasteiger charge is 2.25. The van der Waals surface area contributed by atoms with Crippen molar-refractivity contribution < 1.29 is 13.2 Å². The Morgan fingerprint density at radius 2 is 1.81 bits per heavy atom. The zero-order valence-corrected chi connectivity index (χ0v) is 16.6. The fraction of sp³-hybridized carbons (Fsp3) is 0.333. The third kappa shape index (κ3) is 4.49. The molecule has 1 aliphatic rings. The van der Waals surface area contributed by atoms with Crippen molar-refractivity contribution in [3.05, 3.63) is 58.3 Å². The van der Waals surface area contributed by atoms with Crippen molar-refractivity contribution in [1.29, 1.82) is 0 Å². The van der Waals surface area contributed by atoms with Crippen LogP contribution in [0.15, 0.2) is 52.1 Å². The van der Waals surface area contributed by atoms with Crippen LogP contribution in [0.3, 0.4) is 0 Å². The quantitative estimate of drug-likeness (QED) is 0.779. The summed E-state index contributed by atoms with van der Waals surface area (Å²) in [7, 11) is -3.43. The third-order valence-electron chi connectivity index (χ3n) is 4.30. The van der Waals surface area contributed by atoms with Crippen LogP contribution in [-0.2, 0) is 16.6 Å². The molecule has 0 bridgehead atoms. The summed E-state index contributed by atoms with van der Waals surface area (Å²) in [4.78, 5) is 16.4. The number of aromatic nitrogens is 1. The van der Waals surface area contributed by atoms with Gasteiger partial charge in [0.25, 0.3) is 5.91 Å². The SMILES string of the molecule is O=C(NCc1ccc(S(=O)(=O)N2CCCCC2)cc1)c1cncc(Br)c1. The number of carbonyl (C=O) groups is 1. The van der Waals surface area contributed by atoms with Gasteiger partial charge in [-0.25, -0.2) is 8.42 Å². The molecular formula is C18H20BrN3O3S. The first-order valence-electron chi connectivity index (χ1n) is 8.45. The summed E-state index contributed by atoms with van der Waals surface area (Å²) in [5, 5.41) is 2.80. The molecule has 0 spiro atoms. The van der Waals surface area contributed by atoms with E-state index in [1.165, 1.54) is 6.20 Å². The Bertz CT molecular complexity index is 879. The highest BCUT2D eigenvalue weighted by Crippen LogP contribution is 2.21. The molecule has 1 amide bonds. The second-order valence-corrected chi connectivity index (χ2v) is 9.04. The predicted octanol–water partition coefficient (Wildman–Crippen LogP) is 2.95. The Hall–Kier alpha value is -1.77. The maximum absolute atomic E-state index is 12.6. The summed E-state index contributed by atoms with van der Waals surface area (Å²) in [5.74, 6) is -0.233. The molecule has 2 aromatic rings. The first-order valence-corrected chi connectivity index (χ1v) is 10.7. The van der Waals surface area contributed by atoms with Gasteiger partial charge in [0.1, 0.15) is 0 Å². The first kappa shape index (κ1) is 19.0. The van der Waals surface area contributed by atoms with Crippen LogP contribution >= 0.6 is 15.9 Å². The van der Waals surface area contributed by atoms with Gasteiger partial charge in [0.15, 0.2) is 0 Å². The molecule has 1 aliphatic heterocycles. The van der Waals surface area contributed by atoms with Crippen LogP contribution in [0.25, 0.3) is 0 Å². The summed E-state index contributed by atoms with van der Waals surface area (Å²) < 4.78 is 27.5. The van der Waals surface area contributed by atoms with Crippen LogP contribution in [0.4, 0.5) is 0 Å². The van der Waals surface area contributed by atoms with Crippen molar-refractivity contribution in [2.45, 2.75) is 30.7 Å². The number of amides is 1. The molecule has 26 heavy (non-hydrogen) atoms. The van der Waals surface area contributed by atoms with Crippen molar-refractivity contribution in [3.8, 4) is 0 Å². The van der Waals surface area contributed by atoms with E-state index in [1.54, 1.807) is 40.8 Å². The summed E-state index contributed by atoms with van der Waals surface area (Å²) in [6.45, 7) is 1.48. The molecule has 0 atom stereocenters. The van der Waals surface area contributed by atoms with E-state index in [2.05, 4.69) is 26.2 Å². The van der Waals surface area contributed by atoms with Crippen molar-refractivity contribution in [3.63, 3.8) is 0 Å². The number of sulfonamides is 1. The normalized spacial score (nSPS) is 15.6. The topological polar surface area (TPSA) is 79.4 Å². The number of benzene rings is 1. The van der Waals surface area contributed by atoms with E-state index >= 15 is 0 Å². The molecule has 2 heterocycles. The van der Waals surface area contributed by atoms with Crippen molar-refractivity contribution in [2.24, 2.45) is 0 Å². The molecule has 6 nitrogen and oxygen atoms in total. The van der Waals surface area contributed by atoms with Gasteiger partial charge in [0.2, 0.25) is 10.0 Å². The van der Waals surface area contributed by atoms with Crippen molar-refractivity contribution in [1.82, 2.24) is 14.6 Å². The van der Waals surface area contributed by atoms with Gasteiger partial charge in [-0.2, -0.15) is 4.31 Å². The molecule has 0 radical (unpaired) electrons. The second kappa shape index (κ2) is 8.28. The van der Waals surface area contributed by atoms with E-state index in [-0.39, 0.29) is 5.91 Å². The Morgan fingerprint density at radius 3 is 2.46 bits per heavy atom. The fourth-order valence-electron chi connectivity index (χ4n) is 2.85. The Balaban J connectivity index is 1.63. The molecule has 1 aromatic carbocycles. The summed E-state index contributed by atoms with van der Waals surface area (Å²) in [6, 6.07) is 8.36. The number of carbonyl (C=O) groups excluding carboxylic acids is 1. The lowest BCUT2D eigenvalue weighted by Crippen LogP contribution is -2.35. The van der Waals surface area contributed by atoms with Crippen LogP contribution in [0.1, 0.15) is 35.2 Å². The largest absolute Gasteiger partial charge is 0.348 e. The molecule has 1 N–H and O–H groups in total. The minimum absolute atomic E-state index is 0.233. The van der Waals surface area contributed by atoms with Gasteiger partial charge in [0, 0.05) is 36.5 Å². The lowest BCUT2D eigenvalue weighted by molar-refractivity contribution is 0.0950. The van der Waals surface area contributed by atoms with Crippen LogP contribution < -0.4 is 5.32 Å². The minimum Gasteiger partial charge on any atom is -0.348 e. The second-order valence-electron chi connectivity index (χ2n) is 6.18. The highest BCUT2D eigenvalue weighted by molar-refractivity contribution is 9.10. The predicted molar refractivity (Wildman–Crippen MR) is 102 cm³/mol. The average Bonchev–Trinajstić information content (AvgIpc) is 2.67. The fourth-order valence-corrected chi connectivity index (χ4v) is 4.74. The lowest BCUT2D eigenvalue weighted by atomic mass is 10.2. The number of halogens is 1. The van der Waals surface area contributed by atoms with E-state index in [0.717, 1.165) is 29.3 Å². The van der Waals surface area contributed by atoms with E-state index in [9.17, 15) is 13.2 Å². The van der Waals surface area contributed by atoms with E-state index in [1.807, 2.05) is 0 Å². The van der Waals surface area contributed by atoms with Gasteiger partial charge < -0.3 is 5.32 Å². The standard InChI is InChI=1S/C18H20BrN3O3S/c19-16-10-15(12-20-13-16)18(23)21-11-14-4-6-17(7-5-14)26(24,25)22-8-2-1-3-9-22/h4-7,10,12-13H,1-3,8-9,11H2,(H,21,23). The van der Waals surface area contributed by atoms with E-state index < -0.39 is 10.0 Å². The van der Waals surface area contributed by atoms with Crippen molar-refractivity contribution >= 4 is 31.9 Å². The molecule has 1 saturated heterocycles. The molecule has 1 fully saturated rings. The zero-order chi connectivity index (χ0) is 18.6. The van der Waals surface area contributed by atoms with Crippen molar-refractivity contribution in [2.75, 3.05) is 13.1 Å². The van der Waals surface area contributed by atoms with Gasteiger partial charge in [-0.15, -0.1) is 0 Å². The maximum Gasteiger partial charge on any atom is 0.253 e. The summed E-state index contributed by atoms with van der Waals surface area (Å²) >= 11 is 3.28. The molecule has 0 saturated carbocycles. The smallest absolute Gasteiger partial charge is 0.253 e. The van der Waals surface area contributed by atoms with Crippen LogP contribution in [-0.4, -0.2) is 36.7 Å². The molecule has 8 heteroatoms. The number of hydrogen-bond acceptors (Lipinski definition) is 4. The third-order valence-corrected chi connectivity index (χ3v) is 6.64. The molecule has 0 unspecified atom stereocenters. The Labute approximate surface area is 161 Å². The number of nitrogens with zero attached hydrogens (tertiary/aromatic N) is 2. The molecule has 1 aromatic heterocycles. The number of piperidine rings is 1. The molecule has 138 valence electrons. The molecule has 3 rings (SSSR count). The minimum atomic E-state index is -3.43. The number of nitrogens with one attached hydrogen (secondary N) is 1. The van der Waals surface area contributed by atoms with Crippen LogP contribution in [0.5, 0.6) is 0 Å². The number of pyridine rings is 1. The lowest BCUT2D eigenvalue weighted by Gasteiger charge is -2.25. The van der Waals surface area contributed by atoms with E-state index in [4.69, 9.17) is 0 Å². The summed E-state index contributed by atoms with van der Waals surface area (Å²) in [5.41, 5.74) is 1.29. The van der Waals surface area contributed by atoms with Crippen LogP contribution in [0, 0.1) is 0 Å². The Kier molecular flexibility index (Phi) is 6.05. The van der Waals surface area contributed by atoms with Gasteiger partial charge >= 0.3 is 0 Å². The van der Waals surface area contributed by atoms with E-state index in [0.29, 0.717) is 30.1 Å². The molecular weight excluding hydrogens is 418 g/mol. The molecule has 0 aliphatic carbocycles. The zero-order valence-electron chi connectivity index (χ0n) is 14.2. The van der Waals surface area contributed by atoms with Gasteiger partial charge in [-0.3, -0.25) is 9.78 Å². The summed E-state index contributed by atoms with van der Waals surface area (Å²) in [6.07, 6.45) is 6.01. The maximum atomic E-state index is 12.6.